The van der Waals surface area contributed by atoms with Gasteiger partial charge < -0.3 is 10.1 Å². The van der Waals surface area contributed by atoms with E-state index in [0.29, 0.717) is 18.7 Å². The lowest BCUT2D eigenvalue weighted by Crippen LogP contribution is -2.36. The summed E-state index contributed by atoms with van der Waals surface area (Å²) in [5.41, 5.74) is 0.497. The fraction of sp³-hybridized carbons (Fsp3) is 0.412. The molecule has 1 aromatic rings. The third-order valence-electron chi connectivity index (χ3n) is 3.47. The van der Waals surface area contributed by atoms with E-state index in [9.17, 15) is 31.2 Å². The number of hydrogen-bond donors (Lipinski definition) is 1. The maximum Gasteiger partial charge on any atom is 0.405 e. The van der Waals surface area contributed by atoms with Gasteiger partial charge in [-0.3, -0.25) is 4.79 Å². The third kappa shape index (κ3) is 7.69. The second-order valence-corrected chi connectivity index (χ2v) is 7.43. The first-order chi connectivity index (χ1) is 13.0. The van der Waals surface area contributed by atoms with E-state index in [1.807, 2.05) is 0 Å². The van der Waals surface area contributed by atoms with Crippen LogP contribution in [0.2, 0.25) is 0 Å². The predicted molar refractivity (Wildman–Crippen MR) is 95.6 cm³/mol. The molecule has 28 heavy (non-hydrogen) atoms. The second-order valence-electron chi connectivity index (χ2n) is 5.49. The van der Waals surface area contributed by atoms with Crippen molar-refractivity contribution in [2.24, 2.45) is 0 Å². The largest absolute Gasteiger partial charge is 0.452 e. The zero-order valence-corrected chi connectivity index (χ0v) is 16.1. The van der Waals surface area contributed by atoms with Crippen LogP contribution in [0.1, 0.15) is 19.4 Å². The summed E-state index contributed by atoms with van der Waals surface area (Å²) in [4.78, 5) is 22.7. The minimum Gasteiger partial charge on any atom is -0.452 e. The van der Waals surface area contributed by atoms with Gasteiger partial charge in [0.15, 0.2) is 6.61 Å². The van der Waals surface area contributed by atoms with Crippen LogP contribution in [0.25, 0.3) is 6.08 Å². The van der Waals surface area contributed by atoms with E-state index in [1.54, 1.807) is 19.2 Å². The van der Waals surface area contributed by atoms with Gasteiger partial charge in [-0.1, -0.05) is 26.0 Å². The molecule has 1 aromatic carbocycles. The Labute approximate surface area is 161 Å². The summed E-state index contributed by atoms with van der Waals surface area (Å²) in [6.07, 6.45) is -2.25. The highest BCUT2D eigenvalue weighted by Gasteiger charge is 2.27. The first kappa shape index (κ1) is 23.6. The first-order valence-corrected chi connectivity index (χ1v) is 9.72. The smallest absolute Gasteiger partial charge is 0.405 e. The summed E-state index contributed by atoms with van der Waals surface area (Å²) < 4.78 is 66.4. The van der Waals surface area contributed by atoms with Gasteiger partial charge in [-0.15, -0.1) is 0 Å². The van der Waals surface area contributed by atoms with Crippen molar-refractivity contribution in [3.63, 3.8) is 0 Å². The van der Waals surface area contributed by atoms with Crippen molar-refractivity contribution in [1.82, 2.24) is 9.62 Å². The van der Waals surface area contributed by atoms with Crippen LogP contribution in [-0.4, -0.2) is 57.0 Å². The SMILES string of the molecule is CCN(CC)S(=O)(=O)c1ccc(/C=C\C(=O)OCC(=O)NCC(F)(F)F)cc1. The summed E-state index contributed by atoms with van der Waals surface area (Å²) in [6, 6.07) is 5.75. The molecule has 0 saturated heterocycles. The summed E-state index contributed by atoms with van der Waals surface area (Å²) in [5, 5.41) is 1.56. The Morgan fingerprint density at radius 1 is 1.14 bits per heavy atom. The van der Waals surface area contributed by atoms with Crippen molar-refractivity contribution in [3.05, 3.63) is 35.9 Å². The fourth-order valence-corrected chi connectivity index (χ4v) is 3.52. The van der Waals surface area contributed by atoms with E-state index in [1.165, 1.54) is 34.6 Å². The molecule has 7 nitrogen and oxygen atoms in total. The Morgan fingerprint density at radius 2 is 1.71 bits per heavy atom. The van der Waals surface area contributed by atoms with Crippen LogP contribution < -0.4 is 5.32 Å². The number of carbonyl (C=O) groups excluding carboxylic acids is 2. The Morgan fingerprint density at radius 3 is 2.21 bits per heavy atom. The summed E-state index contributed by atoms with van der Waals surface area (Å²) in [5.74, 6) is -2.01. The van der Waals surface area contributed by atoms with Crippen LogP contribution in [-0.2, 0) is 24.3 Å². The Kier molecular flexibility index (Phi) is 8.64. The van der Waals surface area contributed by atoms with Crippen LogP contribution in [0.15, 0.2) is 35.2 Å². The van der Waals surface area contributed by atoms with E-state index in [4.69, 9.17) is 0 Å². The maximum atomic E-state index is 12.4. The number of amides is 1. The number of rotatable bonds is 9. The number of carbonyl (C=O) groups is 2. The van der Waals surface area contributed by atoms with Crippen molar-refractivity contribution >= 4 is 28.0 Å². The lowest BCUT2D eigenvalue weighted by atomic mass is 10.2. The van der Waals surface area contributed by atoms with Crippen molar-refractivity contribution in [2.75, 3.05) is 26.2 Å². The number of alkyl halides is 3. The van der Waals surface area contributed by atoms with E-state index in [-0.39, 0.29) is 4.90 Å². The second kappa shape index (κ2) is 10.2. The standard InChI is InChI=1S/C17H21F3N2O5S/c1-3-22(4-2)28(25,26)14-8-5-13(6-9-14)7-10-16(24)27-11-15(23)21-12-17(18,19)20/h5-10H,3-4,11-12H2,1-2H3,(H,21,23)/b10-7-. The molecule has 0 aliphatic heterocycles. The quantitative estimate of drug-likeness (QED) is 0.485. The molecule has 0 saturated carbocycles. The van der Waals surface area contributed by atoms with E-state index >= 15 is 0 Å². The van der Waals surface area contributed by atoms with Gasteiger partial charge in [0.25, 0.3) is 5.91 Å². The van der Waals surface area contributed by atoms with Gasteiger partial charge in [-0.25, -0.2) is 13.2 Å². The molecule has 0 atom stereocenters. The van der Waals surface area contributed by atoms with Crippen LogP contribution in [0.3, 0.4) is 0 Å². The molecule has 0 aliphatic rings. The molecule has 0 aliphatic carbocycles. The lowest BCUT2D eigenvalue weighted by Gasteiger charge is -2.18. The maximum absolute atomic E-state index is 12.4. The number of nitrogens with zero attached hydrogens (tertiary/aromatic N) is 1. The van der Waals surface area contributed by atoms with Gasteiger partial charge in [-0.05, 0) is 23.8 Å². The molecule has 0 aromatic heterocycles. The van der Waals surface area contributed by atoms with Crippen LogP contribution in [0, 0.1) is 0 Å². The summed E-state index contributed by atoms with van der Waals surface area (Å²) in [6.45, 7) is 1.77. The third-order valence-corrected chi connectivity index (χ3v) is 5.53. The zero-order valence-electron chi connectivity index (χ0n) is 15.3. The molecule has 11 heteroatoms. The van der Waals surface area contributed by atoms with E-state index in [0.717, 1.165) is 6.08 Å². The highest BCUT2D eigenvalue weighted by molar-refractivity contribution is 7.89. The molecular weight excluding hydrogens is 401 g/mol. The number of halogens is 3. The molecule has 0 fully saturated rings. The summed E-state index contributed by atoms with van der Waals surface area (Å²) >= 11 is 0. The highest BCUT2D eigenvalue weighted by atomic mass is 32.2. The normalized spacial score (nSPS) is 12.4. The molecule has 0 spiro atoms. The number of sulfonamides is 1. The minimum absolute atomic E-state index is 0.109. The number of hydrogen-bond acceptors (Lipinski definition) is 5. The van der Waals surface area contributed by atoms with Crippen LogP contribution in [0.5, 0.6) is 0 Å². The Hall–Kier alpha value is -2.40. The topological polar surface area (TPSA) is 92.8 Å². The van der Waals surface area contributed by atoms with Gasteiger partial charge in [0.2, 0.25) is 10.0 Å². The molecule has 1 N–H and O–H groups in total. The molecule has 0 heterocycles. The average Bonchev–Trinajstić information content (AvgIpc) is 2.63. The Bertz CT molecular complexity index is 801. The number of ether oxygens (including phenoxy) is 1. The van der Waals surface area contributed by atoms with Gasteiger partial charge in [0, 0.05) is 19.2 Å². The van der Waals surface area contributed by atoms with Crippen molar-refractivity contribution in [1.29, 1.82) is 0 Å². The monoisotopic (exact) mass is 422 g/mol. The van der Waals surface area contributed by atoms with Gasteiger partial charge in [-0.2, -0.15) is 17.5 Å². The lowest BCUT2D eigenvalue weighted by molar-refractivity contribution is -0.148. The minimum atomic E-state index is -4.55. The fourth-order valence-electron chi connectivity index (χ4n) is 2.06. The van der Waals surface area contributed by atoms with E-state index in [2.05, 4.69) is 4.74 Å². The molecule has 156 valence electrons. The molecule has 1 rings (SSSR count). The van der Waals surface area contributed by atoms with Gasteiger partial charge >= 0.3 is 12.1 Å². The number of nitrogens with one attached hydrogen (secondary N) is 1. The van der Waals surface area contributed by atoms with E-state index < -0.39 is 41.2 Å². The highest BCUT2D eigenvalue weighted by Crippen LogP contribution is 2.17. The number of esters is 1. The first-order valence-electron chi connectivity index (χ1n) is 8.28. The van der Waals surface area contributed by atoms with Crippen LogP contribution in [0.4, 0.5) is 13.2 Å². The van der Waals surface area contributed by atoms with Gasteiger partial charge in [0.1, 0.15) is 6.54 Å². The van der Waals surface area contributed by atoms with Crippen molar-refractivity contribution < 1.29 is 35.9 Å². The zero-order chi connectivity index (χ0) is 21.4. The average molecular weight is 422 g/mol. The van der Waals surface area contributed by atoms with Crippen molar-refractivity contribution in [3.8, 4) is 0 Å². The molecule has 0 bridgehead atoms. The molecule has 0 radical (unpaired) electrons. The van der Waals surface area contributed by atoms with Crippen LogP contribution >= 0.6 is 0 Å². The van der Waals surface area contributed by atoms with Crippen molar-refractivity contribution in [2.45, 2.75) is 24.9 Å². The molecule has 0 unspecified atom stereocenters. The Balaban J connectivity index is 2.61. The van der Waals surface area contributed by atoms with Gasteiger partial charge in [0.05, 0.1) is 4.90 Å². The number of benzene rings is 1. The molecule has 1 amide bonds. The predicted octanol–water partition coefficient (Wildman–Crippen LogP) is 1.95. The summed E-state index contributed by atoms with van der Waals surface area (Å²) in [7, 11) is -3.59. The molecular formula is C17H21F3N2O5S.